The molecule has 6 heterocycles. The zero-order valence-corrected chi connectivity index (χ0v) is 40.1. The lowest BCUT2D eigenvalue weighted by atomic mass is 9.43. The number of hydrogen-bond donors (Lipinski definition) is 0. The fraction of sp³-hybridized carbons (Fsp3) is 0.213. The number of fused-ring (bicyclic) bond motifs is 18. The zero-order valence-electron chi connectivity index (χ0n) is 39.2. The Morgan fingerprint density at radius 3 is 2.03 bits per heavy atom. The molecule has 6 heteroatoms. The van der Waals surface area contributed by atoms with E-state index in [0.717, 1.165) is 39.5 Å². The summed E-state index contributed by atoms with van der Waals surface area (Å²) in [6, 6.07) is 48.8. The molecule has 0 fully saturated rings. The van der Waals surface area contributed by atoms with Gasteiger partial charge < -0.3 is 18.2 Å². The second-order valence-corrected chi connectivity index (χ2v) is 23.5. The molecule has 324 valence electrons. The van der Waals surface area contributed by atoms with E-state index in [4.69, 9.17) is 8.83 Å². The van der Waals surface area contributed by atoms with E-state index < -0.39 is 0 Å². The molecule has 0 N–H and O–H groups in total. The quantitative estimate of drug-likeness (QED) is 0.154. The first-order valence-electron chi connectivity index (χ1n) is 24.1. The van der Waals surface area contributed by atoms with Crippen molar-refractivity contribution in [1.29, 1.82) is 0 Å². The van der Waals surface area contributed by atoms with Crippen molar-refractivity contribution in [2.45, 2.75) is 84.5 Å². The van der Waals surface area contributed by atoms with E-state index in [9.17, 15) is 0 Å². The monoisotopic (exact) mass is 884 g/mol. The Hall–Kier alpha value is -6.76. The van der Waals surface area contributed by atoms with Crippen LogP contribution in [-0.2, 0) is 16.2 Å². The third-order valence-corrected chi connectivity index (χ3v) is 17.6. The van der Waals surface area contributed by atoms with Gasteiger partial charge >= 0.3 is 6.85 Å². The minimum atomic E-state index is -0.125. The smallest absolute Gasteiger partial charge is 0.333 e. The summed E-state index contributed by atoms with van der Waals surface area (Å²) in [4.78, 5) is 2.66. The summed E-state index contributed by atoms with van der Waals surface area (Å²) in [5, 5.41) is 9.88. The number of para-hydroxylation sites is 1. The van der Waals surface area contributed by atoms with E-state index in [1.54, 1.807) is 0 Å². The lowest BCUT2D eigenvalue weighted by Gasteiger charge is -2.42. The zero-order chi connectivity index (χ0) is 45.2. The highest BCUT2D eigenvalue weighted by Gasteiger charge is 2.45. The highest BCUT2D eigenvalue weighted by molar-refractivity contribution is 7.26. The molecule has 0 spiro atoms. The van der Waals surface area contributed by atoms with E-state index in [1.807, 2.05) is 11.3 Å². The maximum atomic E-state index is 7.08. The normalized spacial score (nSPS) is 16.1. The van der Waals surface area contributed by atoms with Crippen LogP contribution in [0, 0.1) is 6.92 Å². The SMILES string of the molecule is Cc1cc2c3c4c1c1cc5c(cc1n4-c1cc4sc6ccccc6c4cc1B3N(c1ccc(C(C)(C)C)cc1)c1cc3oc4cc6c(cc4c3cc1-2)C(C)(C)CCC6(C)C)oc1ccccc15. The van der Waals surface area contributed by atoms with Crippen molar-refractivity contribution in [3.63, 3.8) is 0 Å². The number of aromatic nitrogens is 1. The van der Waals surface area contributed by atoms with Crippen LogP contribution in [0.5, 0.6) is 0 Å². The van der Waals surface area contributed by atoms with Crippen molar-refractivity contribution in [3.8, 4) is 16.8 Å². The molecule has 12 aromatic rings. The van der Waals surface area contributed by atoms with Gasteiger partial charge in [-0.25, -0.2) is 0 Å². The van der Waals surface area contributed by atoms with Gasteiger partial charge in [0.2, 0.25) is 0 Å². The van der Waals surface area contributed by atoms with E-state index in [-0.39, 0.29) is 23.1 Å². The number of hydrogen-bond acceptors (Lipinski definition) is 4. The summed E-state index contributed by atoms with van der Waals surface area (Å²) in [5.74, 6) is 0. The summed E-state index contributed by atoms with van der Waals surface area (Å²) < 4.78 is 19.0. The van der Waals surface area contributed by atoms with Gasteiger partial charge in [0, 0.05) is 87.2 Å². The van der Waals surface area contributed by atoms with Crippen LogP contribution < -0.4 is 15.7 Å². The molecule has 0 radical (unpaired) electrons. The minimum absolute atomic E-state index is 0.0197. The molecule has 4 aromatic heterocycles. The van der Waals surface area contributed by atoms with Crippen molar-refractivity contribution in [1.82, 2.24) is 4.57 Å². The van der Waals surface area contributed by atoms with Crippen LogP contribution >= 0.6 is 11.3 Å². The Morgan fingerprint density at radius 1 is 0.567 bits per heavy atom. The molecule has 67 heavy (non-hydrogen) atoms. The predicted octanol–water partition coefficient (Wildman–Crippen LogP) is 16.1. The first kappa shape index (κ1) is 38.4. The lowest BCUT2D eigenvalue weighted by molar-refractivity contribution is 0.332. The number of rotatable bonds is 1. The fourth-order valence-corrected chi connectivity index (χ4v) is 14.0. The Kier molecular flexibility index (Phi) is 7.11. The van der Waals surface area contributed by atoms with Crippen molar-refractivity contribution < 1.29 is 8.83 Å². The van der Waals surface area contributed by atoms with Gasteiger partial charge in [-0.05, 0) is 129 Å². The van der Waals surface area contributed by atoms with Crippen LogP contribution in [-0.4, -0.2) is 11.4 Å². The van der Waals surface area contributed by atoms with Gasteiger partial charge in [-0.1, -0.05) is 109 Å². The summed E-state index contributed by atoms with van der Waals surface area (Å²) in [5.41, 5.74) is 20.6. The molecule has 0 amide bonds. The number of thiophene rings is 1. The van der Waals surface area contributed by atoms with Crippen LogP contribution in [0.15, 0.2) is 136 Å². The maximum absolute atomic E-state index is 7.08. The van der Waals surface area contributed by atoms with Gasteiger partial charge in [-0.15, -0.1) is 11.3 Å². The van der Waals surface area contributed by atoms with Gasteiger partial charge in [0.05, 0.1) is 11.0 Å². The van der Waals surface area contributed by atoms with Crippen molar-refractivity contribution in [2.75, 3.05) is 4.81 Å². The number of aryl methyl sites for hydroxylation is 1. The predicted molar refractivity (Wildman–Crippen MR) is 286 cm³/mol. The van der Waals surface area contributed by atoms with Crippen LogP contribution in [0.1, 0.15) is 83.6 Å². The van der Waals surface area contributed by atoms with Gasteiger partial charge in [0.1, 0.15) is 22.3 Å². The summed E-state index contributed by atoms with van der Waals surface area (Å²) in [7, 11) is 0. The Morgan fingerprint density at radius 2 is 1.24 bits per heavy atom. The third kappa shape index (κ3) is 4.94. The van der Waals surface area contributed by atoms with Crippen molar-refractivity contribution in [2.24, 2.45) is 0 Å². The van der Waals surface area contributed by atoms with Crippen molar-refractivity contribution in [3.05, 3.63) is 150 Å². The van der Waals surface area contributed by atoms with Crippen molar-refractivity contribution >= 4 is 126 Å². The standard InChI is InChI=1S/C61H49BN2O2S/c1-32-23-42-37-24-39-40-26-44-45(61(7,8)22-21-60(44,5)6)28-51(40)66-53(39)30-48(37)64(34-19-17-33(18-20-34)59(2,3)4)62-46-27-41-36-14-10-12-16-54(36)67-55(41)31-49(46)63-47-29-52-38(35-13-9-11-15-50(35)65-52)25-43(47)56(32)58(63)57(42)62/h9-20,23-31H,21-22H2,1-8H3. The first-order valence-corrected chi connectivity index (χ1v) is 24.9. The van der Waals surface area contributed by atoms with E-state index in [0.29, 0.717) is 0 Å². The average Bonchev–Trinajstić information content (AvgIpc) is 4.06. The topological polar surface area (TPSA) is 34.5 Å². The highest BCUT2D eigenvalue weighted by atomic mass is 32.1. The number of anilines is 2. The third-order valence-electron chi connectivity index (χ3n) is 16.5. The molecule has 15 rings (SSSR count). The fourth-order valence-electron chi connectivity index (χ4n) is 12.9. The van der Waals surface area contributed by atoms with Gasteiger partial charge in [-0.3, -0.25) is 0 Å². The molecule has 0 atom stereocenters. The summed E-state index contributed by atoms with van der Waals surface area (Å²) in [6.45, 7) is 18.8. The van der Waals surface area contributed by atoms with E-state index in [2.05, 4.69) is 192 Å². The molecule has 0 bridgehead atoms. The maximum Gasteiger partial charge on any atom is 0.333 e. The summed E-state index contributed by atoms with van der Waals surface area (Å²) >= 11 is 1.89. The molecule has 8 aromatic carbocycles. The Balaban J connectivity index is 1.11. The van der Waals surface area contributed by atoms with Gasteiger partial charge in [-0.2, -0.15) is 0 Å². The molecule has 0 saturated carbocycles. The van der Waals surface area contributed by atoms with Crippen LogP contribution in [0.3, 0.4) is 0 Å². The summed E-state index contributed by atoms with van der Waals surface area (Å²) in [6.07, 6.45) is 2.33. The first-order chi connectivity index (χ1) is 32.2. The van der Waals surface area contributed by atoms with Crippen LogP contribution in [0.4, 0.5) is 11.4 Å². The Bertz CT molecular complexity index is 4220. The van der Waals surface area contributed by atoms with Crippen LogP contribution in [0.2, 0.25) is 0 Å². The molecule has 0 saturated heterocycles. The molecule has 1 aliphatic carbocycles. The molecule has 0 unspecified atom stereocenters. The molecule has 2 aliphatic heterocycles. The molecule has 4 nitrogen and oxygen atoms in total. The largest absolute Gasteiger partial charge is 0.456 e. The number of furan rings is 2. The number of nitrogens with zero attached hydrogens (tertiary/aromatic N) is 2. The van der Waals surface area contributed by atoms with E-state index in [1.165, 1.54) is 121 Å². The molecule has 3 aliphatic rings. The van der Waals surface area contributed by atoms with Gasteiger partial charge in [0.15, 0.2) is 0 Å². The molecular weight excluding hydrogens is 836 g/mol. The second-order valence-electron chi connectivity index (χ2n) is 22.4. The second kappa shape index (κ2) is 12.4. The van der Waals surface area contributed by atoms with E-state index >= 15 is 0 Å². The highest BCUT2D eigenvalue weighted by Crippen LogP contribution is 2.52. The Labute approximate surface area is 393 Å². The average molecular weight is 885 g/mol. The number of benzene rings is 8. The molecular formula is C61H49BN2O2S. The van der Waals surface area contributed by atoms with Crippen LogP contribution in [0.25, 0.3) is 103 Å². The lowest BCUT2D eigenvalue weighted by Crippen LogP contribution is -2.60. The van der Waals surface area contributed by atoms with Gasteiger partial charge in [0.25, 0.3) is 0 Å². The minimum Gasteiger partial charge on any atom is -0.456 e.